The Labute approximate surface area is 160 Å². The van der Waals surface area contributed by atoms with Crippen LogP contribution in [0.3, 0.4) is 0 Å². The average Bonchev–Trinajstić information content (AvgIpc) is 2.92. The van der Waals surface area contributed by atoms with Crippen molar-refractivity contribution >= 4 is 11.8 Å². The van der Waals surface area contributed by atoms with E-state index in [1.807, 2.05) is 0 Å². The first-order chi connectivity index (χ1) is 13.0. The van der Waals surface area contributed by atoms with Crippen molar-refractivity contribution in [3.8, 4) is 0 Å². The van der Waals surface area contributed by atoms with Crippen LogP contribution in [0.15, 0.2) is 18.2 Å². The standard InChI is InChI=1S/C21H30FN3O2/c1-16-8-9-17(14-19(16)22)21(27)25-12-10-24(11-13-25)15-20(26)23-18-6-4-2-3-5-7-18/h8-9,14,18H,2-7,10-13,15H2,1H3,(H,23,26). The van der Waals surface area contributed by atoms with Crippen molar-refractivity contribution in [1.29, 1.82) is 0 Å². The first-order valence-corrected chi connectivity index (χ1v) is 10.1. The molecule has 0 bridgehead atoms. The SMILES string of the molecule is Cc1ccc(C(=O)N2CCN(CC(=O)NC3CCCCCC3)CC2)cc1F. The van der Waals surface area contributed by atoms with Crippen LogP contribution in [0.4, 0.5) is 4.39 Å². The van der Waals surface area contributed by atoms with Gasteiger partial charge in [-0.15, -0.1) is 0 Å². The van der Waals surface area contributed by atoms with E-state index in [0.717, 1.165) is 12.8 Å². The molecule has 1 aromatic rings. The van der Waals surface area contributed by atoms with Gasteiger partial charge in [0.05, 0.1) is 6.54 Å². The summed E-state index contributed by atoms with van der Waals surface area (Å²) in [6, 6.07) is 4.94. The predicted molar refractivity (Wildman–Crippen MR) is 103 cm³/mol. The molecule has 5 nitrogen and oxygen atoms in total. The Morgan fingerprint density at radius 3 is 2.37 bits per heavy atom. The molecule has 2 amide bonds. The minimum Gasteiger partial charge on any atom is -0.352 e. The number of aryl methyl sites for hydroxylation is 1. The van der Waals surface area contributed by atoms with E-state index in [9.17, 15) is 14.0 Å². The number of benzene rings is 1. The van der Waals surface area contributed by atoms with Gasteiger partial charge in [-0.25, -0.2) is 4.39 Å². The molecule has 2 fully saturated rings. The molecule has 148 valence electrons. The molecule has 1 aromatic carbocycles. The molecule has 0 aromatic heterocycles. The normalized spacial score (nSPS) is 19.6. The third-order valence-electron chi connectivity index (χ3n) is 5.67. The minimum atomic E-state index is -0.352. The van der Waals surface area contributed by atoms with Crippen LogP contribution in [0.1, 0.15) is 54.4 Å². The van der Waals surface area contributed by atoms with E-state index >= 15 is 0 Å². The molecule has 0 atom stereocenters. The monoisotopic (exact) mass is 375 g/mol. The third kappa shape index (κ3) is 5.51. The fourth-order valence-electron chi connectivity index (χ4n) is 3.92. The summed E-state index contributed by atoms with van der Waals surface area (Å²) in [6.07, 6.45) is 7.11. The van der Waals surface area contributed by atoms with Crippen molar-refractivity contribution in [3.63, 3.8) is 0 Å². The summed E-state index contributed by atoms with van der Waals surface area (Å²) in [6.45, 7) is 4.52. The Morgan fingerprint density at radius 1 is 1.07 bits per heavy atom. The molecular weight excluding hydrogens is 345 g/mol. The fourth-order valence-corrected chi connectivity index (χ4v) is 3.92. The van der Waals surface area contributed by atoms with Crippen molar-refractivity contribution in [2.45, 2.75) is 51.5 Å². The summed E-state index contributed by atoms with van der Waals surface area (Å²) in [5.74, 6) is -0.409. The highest BCUT2D eigenvalue weighted by atomic mass is 19.1. The zero-order valence-electron chi connectivity index (χ0n) is 16.2. The van der Waals surface area contributed by atoms with Gasteiger partial charge in [0, 0.05) is 37.8 Å². The Kier molecular flexibility index (Phi) is 6.83. The highest BCUT2D eigenvalue weighted by Gasteiger charge is 2.24. The molecule has 27 heavy (non-hydrogen) atoms. The third-order valence-corrected chi connectivity index (χ3v) is 5.67. The van der Waals surface area contributed by atoms with Gasteiger partial charge in [0.15, 0.2) is 0 Å². The Hall–Kier alpha value is -1.95. The minimum absolute atomic E-state index is 0.0854. The maximum Gasteiger partial charge on any atom is 0.254 e. The number of carbonyl (C=O) groups is 2. The van der Waals surface area contributed by atoms with Crippen molar-refractivity contribution in [2.75, 3.05) is 32.7 Å². The van der Waals surface area contributed by atoms with Gasteiger partial charge in [0.2, 0.25) is 5.91 Å². The smallest absolute Gasteiger partial charge is 0.254 e. The number of carbonyl (C=O) groups excluding carboxylic acids is 2. The summed E-state index contributed by atoms with van der Waals surface area (Å²) < 4.78 is 13.7. The molecule has 6 heteroatoms. The molecule has 1 heterocycles. The molecule has 1 N–H and O–H groups in total. The highest BCUT2D eigenvalue weighted by molar-refractivity contribution is 5.94. The molecule has 1 saturated carbocycles. The van der Waals surface area contributed by atoms with E-state index in [-0.39, 0.29) is 17.6 Å². The largest absolute Gasteiger partial charge is 0.352 e. The molecule has 1 aliphatic carbocycles. The van der Waals surface area contributed by atoms with E-state index in [1.165, 1.54) is 31.7 Å². The van der Waals surface area contributed by atoms with Crippen LogP contribution in [0, 0.1) is 12.7 Å². The Bertz CT molecular complexity index is 663. The van der Waals surface area contributed by atoms with Crippen molar-refractivity contribution in [2.24, 2.45) is 0 Å². The number of amides is 2. The van der Waals surface area contributed by atoms with Crippen LogP contribution in [-0.2, 0) is 4.79 Å². The number of piperazine rings is 1. The lowest BCUT2D eigenvalue weighted by molar-refractivity contribution is -0.123. The van der Waals surface area contributed by atoms with Crippen molar-refractivity contribution < 1.29 is 14.0 Å². The number of nitrogens with one attached hydrogen (secondary N) is 1. The van der Waals surface area contributed by atoms with Gasteiger partial charge in [-0.05, 0) is 37.5 Å². The average molecular weight is 375 g/mol. The number of halogens is 1. The molecule has 0 unspecified atom stereocenters. The summed E-state index contributed by atoms with van der Waals surface area (Å²) in [7, 11) is 0. The van der Waals surface area contributed by atoms with Crippen LogP contribution in [0.25, 0.3) is 0 Å². The lowest BCUT2D eigenvalue weighted by Gasteiger charge is -2.34. The number of hydrogen-bond acceptors (Lipinski definition) is 3. The second-order valence-electron chi connectivity index (χ2n) is 7.79. The number of nitrogens with zero attached hydrogens (tertiary/aromatic N) is 2. The Balaban J connectivity index is 1.44. The lowest BCUT2D eigenvalue weighted by atomic mass is 10.1. The Morgan fingerprint density at radius 2 is 1.74 bits per heavy atom. The van der Waals surface area contributed by atoms with Crippen molar-refractivity contribution in [1.82, 2.24) is 15.1 Å². The summed E-state index contributed by atoms with van der Waals surface area (Å²) in [4.78, 5) is 28.7. The zero-order valence-corrected chi connectivity index (χ0v) is 16.2. The van der Waals surface area contributed by atoms with Crippen molar-refractivity contribution in [3.05, 3.63) is 35.1 Å². The highest BCUT2D eigenvalue weighted by Crippen LogP contribution is 2.17. The molecule has 1 aliphatic heterocycles. The molecule has 0 radical (unpaired) electrons. The first kappa shape index (κ1) is 19.8. The summed E-state index contributed by atoms with van der Waals surface area (Å²) in [5.41, 5.74) is 0.925. The maximum atomic E-state index is 13.7. The van der Waals surface area contributed by atoms with E-state index in [1.54, 1.807) is 24.0 Å². The number of hydrogen-bond donors (Lipinski definition) is 1. The van der Waals surface area contributed by atoms with Gasteiger partial charge in [0.1, 0.15) is 5.82 Å². The molecule has 2 aliphatic rings. The molecule has 0 spiro atoms. The summed E-state index contributed by atoms with van der Waals surface area (Å²) >= 11 is 0. The molecule has 3 rings (SSSR count). The van der Waals surface area contributed by atoms with Crippen LogP contribution >= 0.6 is 0 Å². The number of rotatable bonds is 4. The first-order valence-electron chi connectivity index (χ1n) is 10.1. The van der Waals surface area contributed by atoms with Crippen LogP contribution in [-0.4, -0.2) is 60.4 Å². The predicted octanol–water partition coefficient (Wildman–Crippen LogP) is 2.73. The van der Waals surface area contributed by atoms with Crippen LogP contribution in [0.5, 0.6) is 0 Å². The lowest BCUT2D eigenvalue weighted by Crippen LogP contribution is -2.51. The second-order valence-corrected chi connectivity index (χ2v) is 7.79. The van der Waals surface area contributed by atoms with Crippen LogP contribution < -0.4 is 5.32 Å². The van der Waals surface area contributed by atoms with Crippen LogP contribution in [0.2, 0.25) is 0 Å². The van der Waals surface area contributed by atoms with Gasteiger partial charge in [-0.1, -0.05) is 31.7 Å². The van der Waals surface area contributed by atoms with Gasteiger partial charge < -0.3 is 10.2 Å². The van der Waals surface area contributed by atoms with E-state index in [2.05, 4.69) is 10.2 Å². The topological polar surface area (TPSA) is 52.7 Å². The quantitative estimate of drug-likeness (QED) is 0.824. The van der Waals surface area contributed by atoms with Gasteiger partial charge in [-0.3, -0.25) is 14.5 Å². The second kappa shape index (κ2) is 9.31. The summed E-state index contributed by atoms with van der Waals surface area (Å²) in [5, 5.41) is 3.17. The van der Waals surface area contributed by atoms with E-state index < -0.39 is 0 Å². The van der Waals surface area contributed by atoms with E-state index in [0.29, 0.717) is 49.9 Å². The fraction of sp³-hybridized carbons (Fsp3) is 0.619. The zero-order chi connectivity index (χ0) is 19.2. The molecule has 1 saturated heterocycles. The maximum absolute atomic E-state index is 13.7. The van der Waals surface area contributed by atoms with Gasteiger partial charge in [0.25, 0.3) is 5.91 Å². The van der Waals surface area contributed by atoms with Gasteiger partial charge in [-0.2, -0.15) is 0 Å². The van der Waals surface area contributed by atoms with E-state index in [4.69, 9.17) is 0 Å². The molecular formula is C21H30FN3O2. The van der Waals surface area contributed by atoms with Gasteiger partial charge >= 0.3 is 0 Å².